The second-order valence-corrected chi connectivity index (χ2v) is 5.04. The molecule has 0 aliphatic carbocycles. The van der Waals surface area contributed by atoms with E-state index in [9.17, 15) is 9.13 Å². The van der Waals surface area contributed by atoms with E-state index in [-0.39, 0.29) is 13.0 Å². The summed E-state index contributed by atoms with van der Waals surface area (Å²) < 4.78 is 28.6. The molecule has 0 aliphatic heterocycles. The lowest BCUT2D eigenvalue weighted by Crippen LogP contribution is -2.25. The summed E-state index contributed by atoms with van der Waals surface area (Å²) in [5, 5.41) is 0. The van der Waals surface area contributed by atoms with Crippen LogP contribution in [0, 0.1) is 0 Å². The highest BCUT2D eigenvalue weighted by Crippen LogP contribution is 2.57. The lowest BCUT2D eigenvalue weighted by molar-refractivity contribution is 0.126. The second kappa shape index (κ2) is 5.32. The summed E-state index contributed by atoms with van der Waals surface area (Å²) in [6.07, 6.45) is -1.17. The first-order valence-corrected chi connectivity index (χ1v) is 6.42. The molecule has 0 aliphatic rings. The number of phosphoric ester groups is 1. The minimum atomic E-state index is -5.09. The van der Waals surface area contributed by atoms with Crippen LogP contribution in [-0.4, -0.2) is 27.5 Å². The maximum atomic E-state index is 10.8. The molecule has 0 radical (unpaired) electrons. The van der Waals surface area contributed by atoms with E-state index in [1.165, 1.54) is 0 Å². The Morgan fingerprint density at radius 1 is 1.29 bits per heavy atom. The van der Waals surface area contributed by atoms with Crippen molar-refractivity contribution in [2.75, 3.05) is 6.54 Å². The molecule has 0 aromatic carbocycles. The van der Waals surface area contributed by atoms with Crippen LogP contribution in [0.3, 0.4) is 0 Å². The van der Waals surface area contributed by atoms with E-state index in [1.54, 1.807) is 0 Å². The lowest BCUT2D eigenvalue weighted by Gasteiger charge is -2.16. The van der Waals surface area contributed by atoms with Gasteiger partial charge in [0.25, 0.3) is 0 Å². The largest absolute Gasteiger partial charge is 0.482 e. The Labute approximate surface area is 79.9 Å². The van der Waals surface area contributed by atoms with Crippen molar-refractivity contribution >= 4 is 15.6 Å². The van der Waals surface area contributed by atoms with Gasteiger partial charge in [-0.2, -0.15) is 4.31 Å². The van der Waals surface area contributed by atoms with E-state index in [4.69, 9.17) is 26.1 Å². The summed E-state index contributed by atoms with van der Waals surface area (Å²) in [4.78, 5) is 25.2. The highest BCUT2D eigenvalue weighted by molar-refractivity contribution is 7.60. The van der Waals surface area contributed by atoms with Crippen LogP contribution in [0.5, 0.6) is 0 Å². The zero-order valence-electron chi connectivity index (χ0n) is 7.02. The van der Waals surface area contributed by atoms with Crippen molar-refractivity contribution in [2.24, 2.45) is 11.5 Å². The van der Waals surface area contributed by atoms with E-state index in [0.29, 0.717) is 0 Å². The Bertz CT molecular complexity index is 264. The maximum absolute atomic E-state index is 10.8. The minimum absolute atomic E-state index is 0.0507. The first-order chi connectivity index (χ1) is 6.16. The molecule has 0 amide bonds. The van der Waals surface area contributed by atoms with Gasteiger partial charge in [0.2, 0.25) is 0 Å². The monoisotopic (exact) mass is 250 g/mol. The summed E-state index contributed by atoms with van der Waals surface area (Å²) in [7, 11) is -9.93. The van der Waals surface area contributed by atoms with Gasteiger partial charge in [-0.1, -0.05) is 0 Å². The molecular formula is C3H12N2O7P2. The Hall–Kier alpha value is 0.180. The van der Waals surface area contributed by atoms with Crippen molar-refractivity contribution in [3.05, 3.63) is 0 Å². The Kier molecular flexibility index (Phi) is 5.38. The summed E-state index contributed by atoms with van der Waals surface area (Å²) >= 11 is 0. The average molecular weight is 250 g/mol. The molecule has 0 heterocycles. The average Bonchev–Trinajstić information content (AvgIpc) is 1.78. The molecule has 0 rings (SSSR count). The van der Waals surface area contributed by atoms with E-state index < -0.39 is 21.9 Å². The van der Waals surface area contributed by atoms with Crippen LogP contribution in [0.25, 0.3) is 0 Å². The first-order valence-electron chi connectivity index (χ1n) is 3.40. The molecule has 9 nitrogen and oxygen atoms in total. The van der Waals surface area contributed by atoms with Crippen LogP contribution in [0.1, 0.15) is 6.42 Å². The molecule has 7 N–H and O–H groups in total. The Balaban J connectivity index is 4.21. The SMILES string of the molecule is NCCC(N)OP(=O)(O)OP(=O)(O)O. The van der Waals surface area contributed by atoms with Crippen LogP contribution in [0.4, 0.5) is 0 Å². The smallest absolute Gasteiger partial charge is 0.330 e. The van der Waals surface area contributed by atoms with Gasteiger partial charge in [0, 0.05) is 0 Å². The van der Waals surface area contributed by atoms with Gasteiger partial charge >= 0.3 is 15.6 Å². The van der Waals surface area contributed by atoms with E-state index >= 15 is 0 Å². The Morgan fingerprint density at radius 2 is 1.79 bits per heavy atom. The summed E-state index contributed by atoms with van der Waals surface area (Å²) in [5.41, 5.74) is 10.2. The third kappa shape index (κ3) is 7.57. The molecule has 0 saturated heterocycles. The van der Waals surface area contributed by atoms with Crippen molar-refractivity contribution < 1.29 is 32.6 Å². The van der Waals surface area contributed by atoms with Crippen molar-refractivity contribution in [1.82, 2.24) is 0 Å². The lowest BCUT2D eigenvalue weighted by atomic mass is 10.4. The zero-order valence-corrected chi connectivity index (χ0v) is 8.80. The molecule has 0 fully saturated rings. The van der Waals surface area contributed by atoms with Gasteiger partial charge in [-0.15, -0.1) is 0 Å². The van der Waals surface area contributed by atoms with Gasteiger partial charge in [-0.25, -0.2) is 9.13 Å². The normalized spacial score (nSPS) is 18.9. The van der Waals surface area contributed by atoms with Gasteiger partial charge in [0.05, 0.1) is 0 Å². The van der Waals surface area contributed by atoms with Crippen molar-refractivity contribution in [3.8, 4) is 0 Å². The molecule has 11 heteroatoms. The second-order valence-electron chi connectivity index (χ2n) is 2.26. The molecule has 0 aromatic rings. The van der Waals surface area contributed by atoms with Gasteiger partial charge in [0.1, 0.15) is 6.23 Å². The van der Waals surface area contributed by atoms with Crippen LogP contribution >= 0.6 is 15.6 Å². The molecule has 0 spiro atoms. The molecule has 2 unspecified atom stereocenters. The number of phosphoric acid groups is 2. The maximum Gasteiger partial charge on any atom is 0.482 e. The number of nitrogens with two attached hydrogens (primary N) is 2. The van der Waals surface area contributed by atoms with Crippen LogP contribution in [0.15, 0.2) is 0 Å². The third-order valence-corrected chi connectivity index (χ3v) is 3.14. The van der Waals surface area contributed by atoms with Gasteiger partial charge < -0.3 is 26.1 Å². The molecule has 14 heavy (non-hydrogen) atoms. The fraction of sp³-hybridized carbons (Fsp3) is 1.00. The number of rotatable bonds is 6. The first kappa shape index (κ1) is 14.2. The molecule has 86 valence electrons. The van der Waals surface area contributed by atoms with Crippen LogP contribution < -0.4 is 11.5 Å². The Morgan fingerprint density at radius 3 is 2.14 bits per heavy atom. The fourth-order valence-corrected chi connectivity index (χ4v) is 2.22. The molecule has 0 saturated carbocycles. The highest BCUT2D eigenvalue weighted by Gasteiger charge is 2.33. The van der Waals surface area contributed by atoms with Crippen molar-refractivity contribution in [2.45, 2.75) is 12.6 Å². The molecule has 0 bridgehead atoms. The quantitative estimate of drug-likeness (QED) is 0.288. The standard InChI is InChI=1S/C3H12N2O7P2/c4-2-1-3(5)11-14(9,10)12-13(6,7)8/h3H,1-2,4-5H2,(H,9,10)(H2,6,7,8). The molecule has 2 atom stereocenters. The molecular weight excluding hydrogens is 238 g/mol. The topological polar surface area (TPSA) is 165 Å². The predicted octanol–water partition coefficient (Wildman–Crippen LogP) is -1.15. The summed E-state index contributed by atoms with van der Waals surface area (Å²) in [6.45, 7) is 0.0943. The fourth-order valence-electron chi connectivity index (χ4n) is 0.542. The van der Waals surface area contributed by atoms with Crippen LogP contribution in [0.2, 0.25) is 0 Å². The molecule has 0 aromatic heterocycles. The van der Waals surface area contributed by atoms with Gasteiger partial charge in [-0.05, 0) is 13.0 Å². The predicted molar refractivity (Wildman–Crippen MR) is 45.7 cm³/mol. The third-order valence-electron chi connectivity index (χ3n) is 0.929. The summed E-state index contributed by atoms with van der Waals surface area (Å²) in [5.74, 6) is 0. The summed E-state index contributed by atoms with van der Waals surface area (Å²) in [6, 6.07) is 0. The van der Waals surface area contributed by atoms with Gasteiger partial charge in [-0.3, -0.25) is 4.52 Å². The highest BCUT2D eigenvalue weighted by atomic mass is 31.3. The van der Waals surface area contributed by atoms with E-state index in [2.05, 4.69) is 8.83 Å². The zero-order chi connectivity index (χ0) is 11.4. The van der Waals surface area contributed by atoms with Crippen molar-refractivity contribution in [3.63, 3.8) is 0 Å². The van der Waals surface area contributed by atoms with E-state index in [1.807, 2.05) is 0 Å². The number of hydrogen-bond acceptors (Lipinski definition) is 6. The van der Waals surface area contributed by atoms with Crippen molar-refractivity contribution in [1.29, 1.82) is 0 Å². The minimum Gasteiger partial charge on any atom is -0.330 e. The van der Waals surface area contributed by atoms with Crippen LogP contribution in [-0.2, 0) is 18.0 Å². The number of hydrogen-bond donors (Lipinski definition) is 5. The van der Waals surface area contributed by atoms with E-state index in [0.717, 1.165) is 0 Å². The van der Waals surface area contributed by atoms with Gasteiger partial charge in [0.15, 0.2) is 0 Å².